The monoisotopic (exact) mass is 329 g/mol. The molecule has 3 aromatic rings. The van der Waals surface area contributed by atoms with Gasteiger partial charge < -0.3 is 14.8 Å². The second-order valence-electron chi connectivity index (χ2n) is 5.37. The molecule has 0 bridgehead atoms. The summed E-state index contributed by atoms with van der Waals surface area (Å²) in [7, 11) is 0. The topological polar surface area (TPSA) is 62.3 Å². The number of thioether (sulfide) groups is 1. The molecule has 0 amide bonds. The van der Waals surface area contributed by atoms with Crippen molar-refractivity contribution in [2.75, 3.05) is 12.9 Å². The summed E-state index contributed by atoms with van der Waals surface area (Å²) in [5.74, 6) is -0.128. The molecule has 4 nitrogen and oxygen atoms in total. The second kappa shape index (κ2) is 6.64. The number of aromatic amines is 1. The number of hydrogen-bond donors (Lipinski definition) is 2. The summed E-state index contributed by atoms with van der Waals surface area (Å²) in [6.45, 7) is 1.50. The molecule has 0 unspecified atom stereocenters. The molecule has 0 radical (unpaired) electrons. The van der Waals surface area contributed by atoms with Crippen molar-refractivity contribution in [2.45, 2.75) is 24.7 Å². The molecule has 0 spiro atoms. The van der Waals surface area contributed by atoms with Crippen LogP contribution in [0.3, 0.4) is 0 Å². The Balaban J connectivity index is 2.33. The van der Waals surface area contributed by atoms with E-state index in [9.17, 15) is 4.79 Å². The van der Waals surface area contributed by atoms with Crippen LogP contribution < -0.4 is 4.74 Å². The number of nitrogens with one attached hydrogen (secondary N) is 1. The van der Waals surface area contributed by atoms with Crippen molar-refractivity contribution in [3.8, 4) is 5.75 Å². The zero-order valence-corrected chi connectivity index (χ0v) is 14.0. The van der Waals surface area contributed by atoms with Gasteiger partial charge in [-0.3, -0.25) is 0 Å². The van der Waals surface area contributed by atoms with Crippen LogP contribution in [0, 0.1) is 0 Å². The largest absolute Gasteiger partial charge is 0.424 e. The molecule has 5 heteroatoms. The van der Waals surface area contributed by atoms with Crippen LogP contribution in [0.25, 0.3) is 21.8 Å². The first-order valence-corrected chi connectivity index (χ1v) is 8.83. The van der Waals surface area contributed by atoms with E-state index in [-0.39, 0.29) is 0 Å². The minimum atomic E-state index is -0.641. The highest BCUT2D eigenvalue weighted by Crippen LogP contribution is 2.41. The summed E-state index contributed by atoms with van der Waals surface area (Å²) in [5.41, 5.74) is 3.21. The number of aryl methyl sites for hydroxylation is 1. The van der Waals surface area contributed by atoms with Crippen LogP contribution >= 0.6 is 11.8 Å². The maximum absolute atomic E-state index is 11.5. The van der Waals surface area contributed by atoms with E-state index in [0.717, 1.165) is 34.3 Å². The fourth-order valence-corrected chi connectivity index (χ4v) is 3.62. The van der Waals surface area contributed by atoms with Crippen LogP contribution in [0.5, 0.6) is 5.75 Å². The second-order valence-corrected chi connectivity index (χ2v) is 6.19. The molecule has 3 rings (SSSR count). The average molecular weight is 329 g/mol. The number of esters is 1. The Kier molecular flexibility index (Phi) is 4.59. The lowest BCUT2D eigenvalue weighted by molar-refractivity contribution is -0.137. The van der Waals surface area contributed by atoms with Crippen molar-refractivity contribution in [3.05, 3.63) is 35.9 Å². The Hall–Kier alpha value is -1.98. The molecule has 23 heavy (non-hydrogen) atoms. The van der Waals surface area contributed by atoms with Gasteiger partial charge in [-0.1, -0.05) is 31.5 Å². The van der Waals surface area contributed by atoms with Crippen LogP contribution in [-0.4, -0.2) is 28.9 Å². The van der Waals surface area contributed by atoms with Crippen molar-refractivity contribution in [1.82, 2.24) is 4.98 Å². The third-order valence-corrected chi connectivity index (χ3v) is 4.67. The fourth-order valence-electron chi connectivity index (χ4n) is 2.96. The van der Waals surface area contributed by atoms with Crippen molar-refractivity contribution in [1.29, 1.82) is 0 Å². The maximum atomic E-state index is 11.5. The van der Waals surface area contributed by atoms with E-state index in [1.807, 2.05) is 24.5 Å². The zero-order valence-electron chi connectivity index (χ0n) is 13.2. The summed E-state index contributed by atoms with van der Waals surface area (Å²) in [6.07, 6.45) is 3.85. The molecular formula is C18H19NO3S. The zero-order chi connectivity index (χ0) is 16.4. The summed E-state index contributed by atoms with van der Waals surface area (Å²) in [5, 5.41) is 11.3. The number of aromatic nitrogens is 1. The van der Waals surface area contributed by atoms with E-state index < -0.39 is 12.6 Å². The van der Waals surface area contributed by atoms with E-state index in [0.29, 0.717) is 5.75 Å². The number of benzene rings is 2. The Bertz CT molecular complexity index is 869. The Morgan fingerprint density at radius 1 is 1.35 bits per heavy atom. The van der Waals surface area contributed by atoms with Gasteiger partial charge in [0.25, 0.3) is 0 Å². The van der Waals surface area contributed by atoms with E-state index >= 15 is 0 Å². The highest BCUT2D eigenvalue weighted by Gasteiger charge is 2.18. The average Bonchev–Trinajstić information content (AvgIpc) is 2.94. The molecule has 0 aliphatic carbocycles. The molecule has 1 aromatic heterocycles. The lowest BCUT2D eigenvalue weighted by Crippen LogP contribution is -2.13. The summed E-state index contributed by atoms with van der Waals surface area (Å²) < 4.78 is 5.35. The quantitative estimate of drug-likeness (QED) is 0.423. The Morgan fingerprint density at radius 2 is 2.13 bits per heavy atom. The molecule has 2 N–H and O–H groups in total. The van der Waals surface area contributed by atoms with Crippen molar-refractivity contribution in [2.24, 2.45) is 0 Å². The minimum absolute atomic E-state index is 0.513. The number of aliphatic hydroxyl groups excluding tert-OH is 1. The van der Waals surface area contributed by atoms with E-state index in [4.69, 9.17) is 9.84 Å². The molecule has 0 saturated heterocycles. The van der Waals surface area contributed by atoms with Crippen LogP contribution in [0.1, 0.15) is 18.9 Å². The predicted octanol–water partition coefficient (Wildman–Crippen LogP) is 3.89. The molecular weight excluding hydrogens is 310 g/mol. The van der Waals surface area contributed by atoms with Crippen LogP contribution in [-0.2, 0) is 11.2 Å². The highest BCUT2D eigenvalue weighted by molar-refractivity contribution is 7.99. The molecule has 0 aliphatic heterocycles. The number of aliphatic hydroxyl groups is 1. The third-order valence-electron chi connectivity index (χ3n) is 3.86. The lowest BCUT2D eigenvalue weighted by Gasteiger charge is -2.12. The summed E-state index contributed by atoms with van der Waals surface area (Å²) >= 11 is 1.53. The number of ether oxygens (including phenoxy) is 1. The van der Waals surface area contributed by atoms with Gasteiger partial charge in [0, 0.05) is 16.3 Å². The number of H-pyrrole nitrogens is 1. The SMILES string of the molecule is CCCc1cc(OC(=O)CO)c(SC)c2[nH]c3ccccc3c12. The van der Waals surface area contributed by atoms with Crippen molar-refractivity contribution < 1.29 is 14.6 Å². The number of hydrogen-bond acceptors (Lipinski definition) is 4. The number of carbonyl (C=O) groups excluding carboxylic acids is 1. The van der Waals surface area contributed by atoms with Gasteiger partial charge in [0.15, 0.2) is 0 Å². The minimum Gasteiger partial charge on any atom is -0.424 e. The normalized spacial score (nSPS) is 11.3. The lowest BCUT2D eigenvalue weighted by atomic mass is 10.0. The number of para-hydroxylation sites is 1. The van der Waals surface area contributed by atoms with E-state index in [2.05, 4.69) is 24.0 Å². The Labute approximate surface area is 138 Å². The standard InChI is InChI=1S/C18H19NO3S/c1-3-6-11-9-14(22-15(21)10-20)18(23-2)17-16(11)12-7-4-5-8-13(12)19-17/h4-5,7-9,19-20H,3,6,10H2,1-2H3. The third kappa shape index (κ3) is 2.82. The molecule has 0 saturated carbocycles. The van der Waals surface area contributed by atoms with Gasteiger partial charge in [0.2, 0.25) is 0 Å². The molecule has 2 aromatic carbocycles. The van der Waals surface area contributed by atoms with Gasteiger partial charge >= 0.3 is 5.97 Å². The maximum Gasteiger partial charge on any atom is 0.337 e. The van der Waals surface area contributed by atoms with Gasteiger partial charge in [-0.25, -0.2) is 4.79 Å². The van der Waals surface area contributed by atoms with E-state index in [1.54, 1.807) is 0 Å². The molecule has 1 heterocycles. The molecule has 120 valence electrons. The predicted molar refractivity (Wildman–Crippen MR) is 94.3 cm³/mol. The van der Waals surface area contributed by atoms with Crippen molar-refractivity contribution in [3.63, 3.8) is 0 Å². The van der Waals surface area contributed by atoms with Gasteiger partial charge in [-0.2, -0.15) is 0 Å². The van der Waals surface area contributed by atoms with Crippen LogP contribution in [0.15, 0.2) is 35.2 Å². The van der Waals surface area contributed by atoms with Gasteiger partial charge in [-0.05, 0) is 30.4 Å². The number of fused-ring (bicyclic) bond motifs is 3. The number of carbonyl (C=O) groups is 1. The summed E-state index contributed by atoms with van der Waals surface area (Å²) in [6, 6.07) is 10.1. The van der Waals surface area contributed by atoms with Crippen LogP contribution in [0.2, 0.25) is 0 Å². The first-order valence-electron chi connectivity index (χ1n) is 7.61. The molecule has 0 aliphatic rings. The molecule has 0 fully saturated rings. The Morgan fingerprint density at radius 3 is 2.83 bits per heavy atom. The highest BCUT2D eigenvalue weighted by atomic mass is 32.2. The molecule has 0 atom stereocenters. The number of rotatable bonds is 5. The van der Waals surface area contributed by atoms with E-state index in [1.165, 1.54) is 22.5 Å². The fraction of sp³-hybridized carbons (Fsp3) is 0.278. The van der Waals surface area contributed by atoms with Crippen LogP contribution in [0.4, 0.5) is 0 Å². The first kappa shape index (κ1) is 15.9. The van der Waals surface area contributed by atoms with Gasteiger partial charge in [-0.15, -0.1) is 11.8 Å². The summed E-state index contributed by atoms with van der Waals surface area (Å²) in [4.78, 5) is 15.9. The smallest absolute Gasteiger partial charge is 0.337 e. The van der Waals surface area contributed by atoms with Gasteiger partial charge in [0.1, 0.15) is 12.4 Å². The van der Waals surface area contributed by atoms with Gasteiger partial charge in [0.05, 0.1) is 10.4 Å². The first-order chi connectivity index (χ1) is 11.2. The van der Waals surface area contributed by atoms with Crippen molar-refractivity contribution >= 4 is 39.5 Å².